The summed E-state index contributed by atoms with van der Waals surface area (Å²) in [7, 11) is 0. The number of carbonyl (C=O) groups excluding carboxylic acids is 1. The Morgan fingerprint density at radius 3 is 2.48 bits per heavy atom. The number of aromatic nitrogens is 2. The maximum atomic E-state index is 11.9. The summed E-state index contributed by atoms with van der Waals surface area (Å²) in [6.07, 6.45) is 1.90. The summed E-state index contributed by atoms with van der Waals surface area (Å²) in [4.78, 5) is 37.2. The third-order valence-electron chi connectivity index (χ3n) is 3.42. The first kappa shape index (κ1) is 16.9. The van der Waals surface area contributed by atoms with Crippen LogP contribution in [0.25, 0.3) is 0 Å². The summed E-state index contributed by atoms with van der Waals surface area (Å²) in [6, 6.07) is 0. The summed E-state index contributed by atoms with van der Waals surface area (Å²) in [5.74, 6) is -1.24. The third-order valence-corrected chi connectivity index (χ3v) is 3.42. The molecule has 0 atom stereocenters. The number of rotatable bonds is 8. The number of carboxylic acids is 1. The highest BCUT2D eigenvalue weighted by Gasteiger charge is 2.12. The van der Waals surface area contributed by atoms with E-state index in [1.54, 1.807) is 13.8 Å². The highest BCUT2D eigenvalue weighted by molar-refractivity contribution is 5.73. The normalized spacial score (nSPS) is 10.6. The van der Waals surface area contributed by atoms with E-state index in [9.17, 15) is 14.4 Å². The number of nitrogens with zero attached hydrogens (tertiary/aromatic N) is 2. The topological polar surface area (TPSA) is 115 Å². The molecule has 7 heteroatoms. The van der Waals surface area contributed by atoms with Crippen LogP contribution in [0.1, 0.15) is 42.6 Å². The van der Waals surface area contributed by atoms with E-state index in [0.717, 1.165) is 11.3 Å². The molecule has 1 heterocycles. The van der Waals surface area contributed by atoms with Crippen molar-refractivity contribution in [1.82, 2.24) is 9.55 Å². The largest absolute Gasteiger partial charge is 0.481 e. The zero-order chi connectivity index (χ0) is 16.0. The Morgan fingerprint density at radius 1 is 1.24 bits per heavy atom. The Labute approximate surface area is 122 Å². The van der Waals surface area contributed by atoms with Crippen molar-refractivity contribution < 1.29 is 14.7 Å². The first-order valence-corrected chi connectivity index (χ1v) is 6.90. The number of carbonyl (C=O) groups is 2. The first-order chi connectivity index (χ1) is 9.82. The van der Waals surface area contributed by atoms with Gasteiger partial charge in [-0.15, -0.1) is 0 Å². The molecule has 0 saturated heterocycles. The van der Waals surface area contributed by atoms with Crippen LogP contribution in [0.3, 0.4) is 0 Å². The summed E-state index contributed by atoms with van der Waals surface area (Å²) in [6.45, 7) is 3.95. The molecule has 1 amide bonds. The van der Waals surface area contributed by atoms with Gasteiger partial charge in [0, 0.05) is 30.8 Å². The van der Waals surface area contributed by atoms with Crippen LogP contribution in [0.4, 0.5) is 0 Å². The molecule has 0 aliphatic carbocycles. The van der Waals surface area contributed by atoms with Crippen LogP contribution >= 0.6 is 0 Å². The number of hydrogen-bond donors (Lipinski definition) is 2. The lowest BCUT2D eigenvalue weighted by atomic mass is 10.1. The van der Waals surface area contributed by atoms with Crippen LogP contribution in [-0.2, 0) is 22.6 Å². The molecule has 0 aliphatic heterocycles. The maximum Gasteiger partial charge on any atom is 0.347 e. The van der Waals surface area contributed by atoms with Crippen LogP contribution in [0.2, 0.25) is 0 Å². The molecule has 0 aliphatic rings. The van der Waals surface area contributed by atoms with Crippen molar-refractivity contribution in [1.29, 1.82) is 0 Å². The zero-order valence-electron chi connectivity index (χ0n) is 12.4. The molecule has 0 unspecified atom stereocenters. The van der Waals surface area contributed by atoms with Gasteiger partial charge in [0.1, 0.15) is 0 Å². The van der Waals surface area contributed by atoms with Crippen molar-refractivity contribution in [3.05, 3.63) is 27.4 Å². The highest BCUT2D eigenvalue weighted by Crippen LogP contribution is 2.13. The average molecular weight is 295 g/mol. The Kier molecular flexibility index (Phi) is 6.08. The Hall–Kier alpha value is -2.18. The van der Waals surface area contributed by atoms with E-state index >= 15 is 0 Å². The van der Waals surface area contributed by atoms with Gasteiger partial charge in [-0.2, -0.15) is 4.98 Å². The molecule has 1 rings (SSSR count). The maximum absolute atomic E-state index is 11.9. The Balaban J connectivity index is 2.88. The van der Waals surface area contributed by atoms with Gasteiger partial charge >= 0.3 is 11.7 Å². The van der Waals surface area contributed by atoms with Gasteiger partial charge in [-0.25, -0.2) is 4.79 Å². The predicted molar refractivity (Wildman–Crippen MR) is 77.0 cm³/mol. The second kappa shape index (κ2) is 7.56. The van der Waals surface area contributed by atoms with Crippen molar-refractivity contribution in [2.45, 2.75) is 52.5 Å². The lowest BCUT2D eigenvalue weighted by Crippen LogP contribution is -2.28. The molecule has 0 spiro atoms. The first-order valence-electron chi connectivity index (χ1n) is 6.90. The molecular weight excluding hydrogens is 274 g/mol. The van der Waals surface area contributed by atoms with Crippen LogP contribution in [-0.4, -0.2) is 26.5 Å². The number of amides is 1. The smallest absolute Gasteiger partial charge is 0.347 e. The fraction of sp³-hybridized carbons (Fsp3) is 0.571. The summed E-state index contributed by atoms with van der Waals surface area (Å²) >= 11 is 0. The van der Waals surface area contributed by atoms with Gasteiger partial charge in [-0.1, -0.05) is 0 Å². The summed E-state index contributed by atoms with van der Waals surface area (Å²) in [5, 5.41) is 8.77. The zero-order valence-corrected chi connectivity index (χ0v) is 12.4. The van der Waals surface area contributed by atoms with Crippen molar-refractivity contribution >= 4 is 11.9 Å². The van der Waals surface area contributed by atoms with E-state index < -0.39 is 5.97 Å². The molecule has 21 heavy (non-hydrogen) atoms. The monoisotopic (exact) mass is 295 g/mol. The second-order valence-electron chi connectivity index (χ2n) is 5.01. The number of aryl methyl sites for hydroxylation is 1. The predicted octanol–water partition coefficient (Wildman–Crippen LogP) is 0.533. The number of carboxylic acid groups (broad SMARTS) is 1. The molecule has 7 nitrogen and oxygen atoms in total. The number of hydrogen-bond acceptors (Lipinski definition) is 4. The molecule has 0 fully saturated rings. The van der Waals surface area contributed by atoms with Gasteiger partial charge in [0.05, 0.1) is 0 Å². The second-order valence-corrected chi connectivity index (χ2v) is 5.01. The Bertz CT molecular complexity index is 593. The van der Waals surface area contributed by atoms with Crippen LogP contribution < -0.4 is 11.4 Å². The highest BCUT2D eigenvalue weighted by atomic mass is 16.4. The van der Waals surface area contributed by atoms with E-state index in [1.807, 2.05) is 0 Å². The molecule has 1 aromatic heterocycles. The minimum Gasteiger partial charge on any atom is -0.481 e. The molecular formula is C14H21N3O4. The van der Waals surface area contributed by atoms with Gasteiger partial charge in [0.15, 0.2) is 0 Å². The number of primary amides is 1. The van der Waals surface area contributed by atoms with Crippen LogP contribution in [0.5, 0.6) is 0 Å². The van der Waals surface area contributed by atoms with E-state index in [1.165, 1.54) is 4.57 Å². The van der Waals surface area contributed by atoms with E-state index in [2.05, 4.69) is 4.98 Å². The standard InChI is InChI=1S/C14H21N3O4/c1-9-11(6-7-13(19)20)10(2)17(14(21)16-9)8-4-3-5-12(15)18/h3-8H2,1-2H3,(H2,15,18)(H,19,20). The number of nitrogens with two attached hydrogens (primary N) is 1. The summed E-state index contributed by atoms with van der Waals surface area (Å²) in [5.41, 5.74) is 6.84. The van der Waals surface area contributed by atoms with Gasteiger partial charge < -0.3 is 10.8 Å². The van der Waals surface area contributed by atoms with Crippen LogP contribution in [0, 0.1) is 13.8 Å². The van der Waals surface area contributed by atoms with Crippen molar-refractivity contribution in [3.8, 4) is 0 Å². The SMILES string of the molecule is Cc1nc(=O)n(CCCCC(N)=O)c(C)c1CCC(=O)O. The van der Waals surface area contributed by atoms with Crippen LogP contribution in [0.15, 0.2) is 4.79 Å². The Morgan fingerprint density at radius 2 is 1.90 bits per heavy atom. The van der Waals surface area contributed by atoms with E-state index in [4.69, 9.17) is 10.8 Å². The van der Waals surface area contributed by atoms with Gasteiger partial charge in [-0.3, -0.25) is 14.2 Å². The third kappa shape index (κ3) is 5.02. The average Bonchev–Trinajstić information content (AvgIpc) is 2.36. The number of unbranched alkanes of at least 4 members (excludes halogenated alkanes) is 1. The molecule has 0 aromatic carbocycles. The molecule has 0 bridgehead atoms. The fourth-order valence-corrected chi connectivity index (χ4v) is 2.27. The van der Waals surface area contributed by atoms with Gasteiger partial charge in [0.25, 0.3) is 0 Å². The molecule has 0 radical (unpaired) electrons. The molecule has 116 valence electrons. The van der Waals surface area contributed by atoms with Gasteiger partial charge in [-0.05, 0) is 38.7 Å². The van der Waals surface area contributed by atoms with E-state index in [0.29, 0.717) is 37.9 Å². The summed E-state index contributed by atoms with van der Waals surface area (Å²) < 4.78 is 1.53. The minimum atomic E-state index is -0.881. The molecule has 3 N–H and O–H groups in total. The van der Waals surface area contributed by atoms with E-state index in [-0.39, 0.29) is 18.0 Å². The van der Waals surface area contributed by atoms with Crippen molar-refractivity contribution in [2.75, 3.05) is 0 Å². The lowest BCUT2D eigenvalue weighted by Gasteiger charge is -2.15. The quantitative estimate of drug-likeness (QED) is 0.679. The number of aliphatic carboxylic acids is 1. The molecule has 1 aromatic rings. The molecule has 0 saturated carbocycles. The lowest BCUT2D eigenvalue weighted by molar-refractivity contribution is -0.137. The van der Waals surface area contributed by atoms with Crippen molar-refractivity contribution in [3.63, 3.8) is 0 Å². The minimum absolute atomic E-state index is 0.00321. The van der Waals surface area contributed by atoms with Gasteiger partial charge in [0.2, 0.25) is 5.91 Å². The van der Waals surface area contributed by atoms with Crippen molar-refractivity contribution in [2.24, 2.45) is 5.73 Å². The fourth-order valence-electron chi connectivity index (χ4n) is 2.27.